The maximum atomic E-state index is 12.6. The number of esters is 1. The first-order valence-corrected chi connectivity index (χ1v) is 9.36. The summed E-state index contributed by atoms with van der Waals surface area (Å²) in [4.78, 5) is 26.7. The van der Waals surface area contributed by atoms with Crippen LogP contribution in [0.4, 0.5) is 5.69 Å². The number of carbonyl (C=O) groups excluding carboxylic acids is 2. The van der Waals surface area contributed by atoms with Crippen LogP contribution in [0.25, 0.3) is 11.1 Å². The van der Waals surface area contributed by atoms with E-state index < -0.39 is 5.97 Å². The number of para-hydroxylation sites is 1. The van der Waals surface area contributed by atoms with Crippen LogP contribution in [-0.2, 0) is 16.0 Å². The Morgan fingerprint density at radius 1 is 0.893 bits per heavy atom. The molecule has 3 aromatic rings. The predicted molar refractivity (Wildman–Crippen MR) is 109 cm³/mol. The third-order valence-electron chi connectivity index (χ3n) is 5.03. The lowest BCUT2D eigenvalue weighted by Gasteiger charge is -2.22. The zero-order valence-electron chi connectivity index (χ0n) is 15.7. The number of rotatable bonds is 4. The lowest BCUT2D eigenvalue weighted by atomic mass is 10.0. The molecule has 0 bridgehead atoms. The molecule has 0 fully saturated rings. The number of benzene rings is 3. The van der Waals surface area contributed by atoms with E-state index in [1.54, 1.807) is 17.0 Å². The number of carbonyl (C=O) groups is 2. The van der Waals surface area contributed by atoms with Crippen LogP contribution in [0.15, 0.2) is 78.9 Å². The van der Waals surface area contributed by atoms with Crippen molar-refractivity contribution in [3.63, 3.8) is 0 Å². The minimum Gasteiger partial charge on any atom is -0.452 e. The standard InChI is InChI=1S/C24H21NO3/c1-17-15-21-9-5-6-10-22(21)25(17)23(26)16-28-24(27)20-13-11-19(12-14-20)18-7-3-2-4-8-18/h2-14,17H,15-16H2,1H3. The summed E-state index contributed by atoms with van der Waals surface area (Å²) >= 11 is 0. The summed E-state index contributed by atoms with van der Waals surface area (Å²) in [7, 11) is 0. The highest BCUT2D eigenvalue weighted by atomic mass is 16.5. The molecule has 1 aliphatic rings. The van der Waals surface area contributed by atoms with Crippen LogP contribution < -0.4 is 4.90 Å². The lowest BCUT2D eigenvalue weighted by Crippen LogP contribution is -2.38. The van der Waals surface area contributed by atoms with E-state index in [9.17, 15) is 9.59 Å². The van der Waals surface area contributed by atoms with Crippen LogP contribution in [0.1, 0.15) is 22.8 Å². The van der Waals surface area contributed by atoms with E-state index in [0.29, 0.717) is 5.56 Å². The van der Waals surface area contributed by atoms with Crippen molar-refractivity contribution in [3.05, 3.63) is 90.0 Å². The van der Waals surface area contributed by atoms with Crippen LogP contribution in [0, 0.1) is 0 Å². The summed E-state index contributed by atoms with van der Waals surface area (Å²) in [6.07, 6.45) is 0.816. The van der Waals surface area contributed by atoms with Gasteiger partial charge in [-0.25, -0.2) is 4.79 Å². The van der Waals surface area contributed by atoms with Crippen molar-refractivity contribution in [2.75, 3.05) is 11.5 Å². The molecule has 140 valence electrons. The number of hydrogen-bond donors (Lipinski definition) is 0. The summed E-state index contributed by atoms with van der Waals surface area (Å²) < 4.78 is 5.28. The summed E-state index contributed by atoms with van der Waals surface area (Å²) in [5, 5.41) is 0. The molecular weight excluding hydrogens is 350 g/mol. The van der Waals surface area contributed by atoms with Gasteiger partial charge in [0.1, 0.15) is 0 Å². The molecular formula is C24H21NO3. The van der Waals surface area contributed by atoms with E-state index >= 15 is 0 Å². The molecule has 1 heterocycles. The second-order valence-electron chi connectivity index (χ2n) is 6.97. The van der Waals surface area contributed by atoms with Crippen LogP contribution in [0.2, 0.25) is 0 Å². The van der Waals surface area contributed by atoms with Gasteiger partial charge in [0.25, 0.3) is 5.91 Å². The zero-order valence-corrected chi connectivity index (χ0v) is 15.7. The molecule has 1 atom stereocenters. The zero-order chi connectivity index (χ0) is 19.5. The summed E-state index contributed by atoms with van der Waals surface area (Å²) in [6, 6.07) is 25.1. The molecule has 0 aromatic heterocycles. The summed E-state index contributed by atoms with van der Waals surface area (Å²) in [6.45, 7) is 1.74. The smallest absolute Gasteiger partial charge is 0.338 e. The monoisotopic (exact) mass is 371 g/mol. The van der Waals surface area contributed by atoms with E-state index in [-0.39, 0.29) is 18.6 Å². The van der Waals surface area contributed by atoms with Crippen molar-refractivity contribution >= 4 is 17.6 Å². The third kappa shape index (κ3) is 3.54. The minimum atomic E-state index is -0.493. The predicted octanol–water partition coefficient (Wildman–Crippen LogP) is 4.49. The molecule has 0 spiro atoms. The first-order chi connectivity index (χ1) is 13.6. The molecule has 0 radical (unpaired) electrons. The van der Waals surface area contributed by atoms with E-state index in [1.165, 1.54) is 0 Å². The molecule has 0 N–H and O–H groups in total. The molecule has 4 heteroatoms. The minimum absolute atomic E-state index is 0.0637. The quantitative estimate of drug-likeness (QED) is 0.635. The molecule has 1 unspecified atom stereocenters. The highest BCUT2D eigenvalue weighted by Crippen LogP contribution is 2.31. The Bertz CT molecular complexity index is 996. The molecule has 0 aliphatic carbocycles. The van der Waals surface area contributed by atoms with Gasteiger partial charge in [0.15, 0.2) is 6.61 Å². The average molecular weight is 371 g/mol. The highest BCUT2D eigenvalue weighted by molar-refractivity contribution is 5.99. The topological polar surface area (TPSA) is 46.6 Å². The third-order valence-corrected chi connectivity index (χ3v) is 5.03. The van der Waals surface area contributed by atoms with Gasteiger partial charge < -0.3 is 9.64 Å². The van der Waals surface area contributed by atoms with Gasteiger partial charge in [-0.1, -0.05) is 60.7 Å². The van der Waals surface area contributed by atoms with Gasteiger partial charge >= 0.3 is 5.97 Å². The number of anilines is 1. The Labute approximate surface area is 164 Å². The van der Waals surface area contributed by atoms with Gasteiger partial charge in [-0.15, -0.1) is 0 Å². The SMILES string of the molecule is CC1Cc2ccccc2N1C(=O)COC(=O)c1ccc(-c2ccccc2)cc1. The van der Waals surface area contributed by atoms with Gasteiger partial charge in [0, 0.05) is 11.7 Å². The Morgan fingerprint density at radius 2 is 1.54 bits per heavy atom. The van der Waals surface area contributed by atoms with Crippen molar-refractivity contribution < 1.29 is 14.3 Å². The molecule has 3 aromatic carbocycles. The van der Waals surface area contributed by atoms with Gasteiger partial charge in [-0.3, -0.25) is 4.79 Å². The Balaban J connectivity index is 1.40. The average Bonchev–Trinajstić information content (AvgIpc) is 3.08. The van der Waals surface area contributed by atoms with Crippen LogP contribution in [-0.4, -0.2) is 24.5 Å². The van der Waals surface area contributed by atoms with E-state index in [1.807, 2.05) is 73.7 Å². The molecule has 1 aliphatic heterocycles. The maximum Gasteiger partial charge on any atom is 0.338 e. The fraction of sp³-hybridized carbons (Fsp3) is 0.167. The van der Waals surface area contributed by atoms with Crippen molar-refractivity contribution in [1.29, 1.82) is 0 Å². The van der Waals surface area contributed by atoms with E-state index in [2.05, 4.69) is 0 Å². The van der Waals surface area contributed by atoms with Crippen LogP contribution in [0.3, 0.4) is 0 Å². The molecule has 4 rings (SSSR count). The normalized spacial score (nSPS) is 15.2. The second-order valence-corrected chi connectivity index (χ2v) is 6.97. The van der Waals surface area contributed by atoms with Crippen molar-refractivity contribution in [2.24, 2.45) is 0 Å². The van der Waals surface area contributed by atoms with Gasteiger partial charge in [0.05, 0.1) is 5.56 Å². The largest absolute Gasteiger partial charge is 0.452 e. The number of ether oxygens (including phenoxy) is 1. The summed E-state index contributed by atoms with van der Waals surface area (Å²) in [5.41, 5.74) is 4.59. The number of nitrogens with zero attached hydrogens (tertiary/aromatic N) is 1. The lowest BCUT2D eigenvalue weighted by molar-refractivity contribution is -0.122. The Kier molecular flexibility index (Phi) is 4.94. The molecule has 0 saturated carbocycles. The maximum absolute atomic E-state index is 12.6. The van der Waals surface area contributed by atoms with Crippen LogP contribution in [0.5, 0.6) is 0 Å². The van der Waals surface area contributed by atoms with Crippen molar-refractivity contribution in [1.82, 2.24) is 0 Å². The number of amides is 1. The van der Waals surface area contributed by atoms with Gasteiger partial charge in [-0.05, 0) is 48.2 Å². The Morgan fingerprint density at radius 3 is 2.29 bits per heavy atom. The first kappa shape index (κ1) is 18.0. The van der Waals surface area contributed by atoms with E-state index in [4.69, 9.17) is 4.74 Å². The fourth-order valence-corrected chi connectivity index (χ4v) is 3.66. The second kappa shape index (κ2) is 7.69. The number of fused-ring (bicyclic) bond motifs is 1. The molecule has 0 saturated heterocycles. The summed E-state index contributed by atoms with van der Waals surface area (Å²) in [5.74, 6) is -0.695. The fourth-order valence-electron chi connectivity index (χ4n) is 3.66. The van der Waals surface area contributed by atoms with E-state index in [0.717, 1.165) is 28.8 Å². The first-order valence-electron chi connectivity index (χ1n) is 9.36. The molecule has 1 amide bonds. The molecule has 4 nitrogen and oxygen atoms in total. The highest BCUT2D eigenvalue weighted by Gasteiger charge is 2.31. The Hall–Kier alpha value is -3.40. The van der Waals surface area contributed by atoms with Crippen molar-refractivity contribution in [3.8, 4) is 11.1 Å². The number of hydrogen-bond acceptors (Lipinski definition) is 3. The van der Waals surface area contributed by atoms with Crippen molar-refractivity contribution in [2.45, 2.75) is 19.4 Å². The molecule has 28 heavy (non-hydrogen) atoms. The van der Waals surface area contributed by atoms with Crippen LogP contribution >= 0.6 is 0 Å². The van der Waals surface area contributed by atoms with Gasteiger partial charge in [0.2, 0.25) is 0 Å². The van der Waals surface area contributed by atoms with Gasteiger partial charge in [-0.2, -0.15) is 0 Å².